The number of hydrogen-bond acceptors (Lipinski definition) is 4. The molecule has 1 N–H and O–H groups in total. The Balaban J connectivity index is 1.77. The van der Waals surface area contributed by atoms with Crippen LogP contribution in [0.2, 0.25) is 10.0 Å². The van der Waals surface area contributed by atoms with Crippen LogP contribution in [0.15, 0.2) is 39.9 Å². The number of hydrazone groups is 1. The monoisotopic (exact) mass is 459 g/mol. The maximum atomic E-state index is 12.7. The molecule has 0 spiro atoms. The first-order valence-corrected chi connectivity index (χ1v) is 10.9. The van der Waals surface area contributed by atoms with Gasteiger partial charge in [-0.2, -0.15) is 15.1 Å². The summed E-state index contributed by atoms with van der Waals surface area (Å²) in [7, 11) is 0. The first-order valence-electron chi connectivity index (χ1n) is 9.32. The molecule has 154 valence electrons. The van der Waals surface area contributed by atoms with Crippen molar-refractivity contribution in [2.24, 2.45) is 16.0 Å². The average molecular weight is 460 g/mol. The van der Waals surface area contributed by atoms with Crippen LogP contribution >= 0.6 is 35.0 Å². The summed E-state index contributed by atoms with van der Waals surface area (Å²) in [5.41, 5.74) is 3.57. The van der Waals surface area contributed by atoms with E-state index in [2.05, 4.69) is 10.1 Å². The van der Waals surface area contributed by atoms with E-state index >= 15 is 0 Å². The topological polar surface area (TPSA) is 73.8 Å². The van der Waals surface area contributed by atoms with Crippen molar-refractivity contribution in [1.29, 1.82) is 5.41 Å². The van der Waals surface area contributed by atoms with Gasteiger partial charge in [0.25, 0.3) is 5.91 Å². The zero-order valence-electron chi connectivity index (χ0n) is 16.8. The quantitative estimate of drug-likeness (QED) is 0.600. The fraction of sp³-hybridized carbons (Fsp3) is 0.238. The minimum absolute atomic E-state index is 0.0266. The maximum absolute atomic E-state index is 12.7. The van der Waals surface area contributed by atoms with Crippen LogP contribution in [0.3, 0.4) is 0 Å². The van der Waals surface area contributed by atoms with Crippen LogP contribution < -0.4 is 0 Å². The number of aliphatic imine (C=N–C) groups is 1. The minimum Gasteiger partial charge on any atom is -0.316 e. The zero-order valence-corrected chi connectivity index (χ0v) is 19.2. The lowest BCUT2D eigenvalue weighted by atomic mass is 10.1. The minimum atomic E-state index is -0.440. The summed E-state index contributed by atoms with van der Waals surface area (Å²) in [5, 5.41) is 16.8. The van der Waals surface area contributed by atoms with E-state index in [0.717, 1.165) is 27.7 Å². The van der Waals surface area contributed by atoms with Gasteiger partial charge >= 0.3 is 0 Å². The molecule has 0 atom stereocenters. The predicted octanol–water partition coefficient (Wildman–Crippen LogP) is 5.68. The normalized spacial score (nSPS) is 17.7. The van der Waals surface area contributed by atoms with Gasteiger partial charge in [0.15, 0.2) is 5.84 Å². The first kappa shape index (κ1) is 20.9. The lowest BCUT2D eigenvalue weighted by Crippen LogP contribution is -2.35. The molecule has 1 aromatic heterocycles. The van der Waals surface area contributed by atoms with Gasteiger partial charge in [-0.1, -0.05) is 37.0 Å². The number of aromatic nitrogens is 1. The van der Waals surface area contributed by atoms with E-state index in [-0.39, 0.29) is 17.3 Å². The van der Waals surface area contributed by atoms with Gasteiger partial charge in [0.2, 0.25) is 5.17 Å². The highest BCUT2D eigenvalue weighted by molar-refractivity contribution is 8.27. The Kier molecular flexibility index (Phi) is 5.38. The van der Waals surface area contributed by atoms with Crippen molar-refractivity contribution in [2.45, 2.75) is 27.7 Å². The molecular formula is C21H19Cl2N5OS. The van der Waals surface area contributed by atoms with E-state index in [1.54, 1.807) is 24.3 Å². The molecule has 9 heteroatoms. The van der Waals surface area contributed by atoms with Gasteiger partial charge in [-0.15, -0.1) is 0 Å². The Hall–Kier alpha value is -2.35. The third-order valence-corrected chi connectivity index (χ3v) is 6.65. The zero-order chi connectivity index (χ0) is 21.7. The number of carbonyl (C=O) groups is 1. The van der Waals surface area contributed by atoms with Crippen LogP contribution in [0.25, 0.3) is 11.8 Å². The molecule has 30 heavy (non-hydrogen) atoms. The molecular weight excluding hydrogens is 441 g/mol. The van der Waals surface area contributed by atoms with Crippen LogP contribution in [-0.2, 0) is 4.79 Å². The standard InChI is InChI=1S/C21H19Cl2N5OS/c1-10(2)20-26-28-18(24)15(19(29)25-21(28)30-20)8-13-7-11(3)27(12(13)4)17-9-14(22)5-6-16(17)23/h5-10,24H,1-4H3. The highest BCUT2D eigenvalue weighted by atomic mass is 35.5. The second-order valence-electron chi connectivity index (χ2n) is 7.37. The summed E-state index contributed by atoms with van der Waals surface area (Å²) in [5.74, 6) is -0.219. The first-order chi connectivity index (χ1) is 14.2. The van der Waals surface area contributed by atoms with E-state index in [4.69, 9.17) is 28.6 Å². The van der Waals surface area contributed by atoms with Crippen LogP contribution in [0.5, 0.6) is 0 Å². The van der Waals surface area contributed by atoms with Crippen LogP contribution in [0.1, 0.15) is 30.8 Å². The Labute approximate surface area is 188 Å². The number of amidine groups is 2. The molecule has 0 unspecified atom stereocenters. The number of amides is 1. The van der Waals surface area contributed by atoms with Crippen molar-refractivity contribution < 1.29 is 4.79 Å². The number of nitrogens with zero attached hydrogens (tertiary/aromatic N) is 4. The number of benzene rings is 1. The van der Waals surface area contributed by atoms with Crippen LogP contribution in [0.4, 0.5) is 0 Å². The third-order valence-electron chi connectivity index (χ3n) is 4.88. The van der Waals surface area contributed by atoms with Gasteiger partial charge in [-0.05, 0) is 61.5 Å². The molecule has 1 aromatic carbocycles. The smallest absolute Gasteiger partial charge is 0.283 e. The third kappa shape index (κ3) is 3.51. The summed E-state index contributed by atoms with van der Waals surface area (Å²) >= 11 is 13.9. The van der Waals surface area contributed by atoms with E-state index in [1.165, 1.54) is 16.8 Å². The number of fused-ring (bicyclic) bond motifs is 1. The van der Waals surface area contributed by atoms with Gasteiger partial charge in [0, 0.05) is 22.3 Å². The molecule has 0 bridgehead atoms. The molecule has 0 saturated carbocycles. The van der Waals surface area contributed by atoms with Gasteiger partial charge in [-0.3, -0.25) is 10.2 Å². The highest BCUT2D eigenvalue weighted by Gasteiger charge is 2.36. The molecule has 2 aliphatic heterocycles. The predicted molar refractivity (Wildman–Crippen MR) is 125 cm³/mol. The van der Waals surface area contributed by atoms with Gasteiger partial charge < -0.3 is 4.57 Å². The number of carbonyl (C=O) groups excluding carboxylic acids is 1. The lowest BCUT2D eigenvalue weighted by Gasteiger charge is -2.20. The largest absolute Gasteiger partial charge is 0.316 e. The highest BCUT2D eigenvalue weighted by Crippen LogP contribution is 2.33. The number of rotatable bonds is 3. The summed E-state index contributed by atoms with van der Waals surface area (Å²) in [4.78, 5) is 16.8. The second-order valence-corrected chi connectivity index (χ2v) is 9.20. The van der Waals surface area contributed by atoms with Crippen molar-refractivity contribution in [2.75, 3.05) is 0 Å². The fourth-order valence-corrected chi connectivity index (χ4v) is 4.62. The summed E-state index contributed by atoms with van der Waals surface area (Å²) < 4.78 is 1.98. The van der Waals surface area contributed by atoms with Gasteiger partial charge in [-0.25, -0.2) is 0 Å². The molecule has 0 fully saturated rings. The van der Waals surface area contributed by atoms with Crippen molar-refractivity contribution >= 4 is 63.0 Å². The van der Waals surface area contributed by atoms with E-state index in [9.17, 15) is 4.79 Å². The Bertz CT molecular complexity index is 1190. The number of aryl methyl sites for hydroxylation is 1. The Morgan fingerprint density at radius 2 is 1.93 bits per heavy atom. The van der Waals surface area contributed by atoms with E-state index < -0.39 is 5.91 Å². The average Bonchev–Trinajstić information content (AvgIpc) is 3.22. The Morgan fingerprint density at radius 3 is 2.63 bits per heavy atom. The maximum Gasteiger partial charge on any atom is 0.283 e. The van der Waals surface area contributed by atoms with E-state index in [0.29, 0.717) is 15.2 Å². The molecule has 1 amide bonds. The molecule has 4 rings (SSSR count). The SMILES string of the molecule is Cc1cc(C=C2C(=N)N3N=C(C(C)C)SC3=NC2=O)c(C)n1-c1cc(Cl)ccc1Cl. The number of thioether (sulfide) groups is 1. The summed E-state index contributed by atoms with van der Waals surface area (Å²) in [6.45, 7) is 7.92. The van der Waals surface area contributed by atoms with Crippen molar-refractivity contribution in [1.82, 2.24) is 9.58 Å². The van der Waals surface area contributed by atoms with Crippen molar-refractivity contribution in [3.05, 3.63) is 56.8 Å². The number of nitrogens with one attached hydrogen (secondary N) is 1. The molecule has 3 heterocycles. The fourth-order valence-electron chi connectivity index (χ4n) is 3.36. The van der Waals surface area contributed by atoms with Gasteiger partial charge in [0.05, 0.1) is 16.3 Å². The molecule has 2 aliphatic rings. The van der Waals surface area contributed by atoms with E-state index in [1.807, 2.05) is 38.3 Å². The van der Waals surface area contributed by atoms with Gasteiger partial charge in [0.1, 0.15) is 5.04 Å². The van der Waals surface area contributed by atoms with Crippen molar-refractivity contribution in [3.63, 3.8) is 0 Å². The molecule has 0 aliphatic carbocycles. The summed E-state index contributed by atoms with van der Waals surface area (Å²) in [6.07, 6.45) is 1.69. The van der Waals surface area contributed by atoms with Crippen LogP contribution in [0, 0.1) is 25.2 Å². The molecule has 2 aromatic rings. The molecule has 0 saturated heterocycles. The number of hydrogen-bond donors (Lipinski definition) is 1. The molecule has 0 radical (unpaired) electrons. The molecule has 6 nitrogen and oxygen atoms in total. The van der Waals surface area contributed by atoms with Crippen LogP contribution in [-0.4, -0.2) is 31.5 Å². The summed E-state index contributed by atoms with van der Waals surface area (Å²) in [6, 6.07) is 7.24. The Morgan fingerprint density at radius 1 is 1.20 bits per heavy atom. The second kappa shape index (κ2) is 7.72. The lowest BCUT2D eigenvalue weighted by molar-refractivity contribution is -0.114. The number of halogens is 2. The van der Waals surface area contributed by atoms with Crippen molar-refractivity contribution in [3.8, 4) is 5.69 Å².